The maximum Gasteiger partial charge on any atom is 0.146 e. The Balaban J connectivity index is 1.98. The highest BCUT2D eigenvalue weighted by Gasteiger charge is 2.23. The SMILES string of the molecule is CC1CC(N)CCN1Cc1nncn1C. The minimum atomic E-state index is 0.371. The van der Waals surface area contributed by atoms with Crippen LogP contribution < -0.4 is 5.73 Å². The second-order valence-electron chi connectivity index (χ2n) is 4.46. The number of aromatic nitrogens is 3. The molecule has 0 aliphatic carbocycles. The van der Waals surface area contributed by atoms with E-state index in [0.29, 0.717) is 12.1 Å². The molecule has 0 radical (unpaired) electrons. The second kappa shape index (κ2) is 4.28. The van der Waals surface area contributed by atoms with Gasteiger partial charge in [0.2, 0.25) is 0 Å². The monoisotopic (exact) mass is 209 g/mol. The van der Waals surface area contributed by atoms with Crippen LogP contribution in [0.3, 0.4) is 0 Å². The summed E-state index contributed by atoms with van der Waals surface area (Å²) in [7, 11) is 1.98. The molecule has 1 saturated heterocycles. The molecule has 15 heavy (non-hydrogen) atoms. The van der Waals surface area contributed by atoms with Gasteiger partial charge in [0, 0.05) is 25.7 Å². The van der Waals surface area contributed by atoms with Gasteiger partial charge < -0.3 is 10.3 Å². The van der Waals surface area contributed by atoms with Crippen molar-refractivity contribution in [2.45, 2.75) is 38.4 Å². The van der Waals surface area contributed by atoms with Crippen molar-refractivity contribution in [2.24, 2.45) is 12.8 Å². The lowest BCUT2D eigenvalue weighted by atomic mass is 9.99. The van der Waals surface area contributed by atoms with Gasteiger partial charge in [0.25, 0.3) is 0 Å². The predicted octanol–water partition coefficient (Wildman–Crippen LogP) is 0.127. The molecule has 5 nitrogen and oxygen atoms in total. The van der Waals surface area contributed by atoms with Gasteiger partial charge in [0.15, 0.2) is 0 Å². The Kier molecular flexibility index (Phi) is 3.02. The summed E-state index contributed by atoms with van der Waals surface area (Å²) in [5.74, 6) is 1.03. The number of likely N-dealkylation sites (tertiary alicyclic amines) is 1. The lowest BCUT2D eigenvalue weighted by Gasteiger charge is -2.35. The van der Waals surface area contributed by atoms with Crippen molar-refractivity contribution in [3.8, 4) is 0 Å². The van der Waals surface area contributed by atoms with Crippen LogP contribution in [0.4, 0.5) is 0 Å². The fraction of sp³-hybridized carbons (Fsp3) is 0.800. The Morgan fingerprint density at radius 2 is 2.40 bits per heavy atom. The lowest BCUT2D eigenvalue weighted by Crippen LogP contribution is -2.45. The molecule has 0 amide bonds. The summed E-state index contributed by atoms with van der Waals surface area (Å²) in [6, 6.07) is 0.918. The molecule has 0 saturated carbocycles. The van der Waals surface area contributed by atoms with E-state index in [1.807, 2.05) is 11.6 Å². The third-order valence-corrected chi connectivity index (χ3v) is 3.20. The van der Waals surface area contributed by atoms with Crippen molar-refractivity contribution >= 4 is 0 Å². The summed E-state index contributed by atoms with van der Waals surface area (Å²) in [6.07, 6.45) is 3.91. The molecule has 5 heteroatoms. The van der Waals surface area contributed by atoms with Gasteiger partial charge in [-0.25, -0.2) is 0 Å². The zero-order chi connectivity index (χ0) is 10.8. The Labute approximate surface area is 90.3 Å². The van der Waals surface area contributed by atoms with E-state index in [2.05, 4.69) is 22.0 Å². The first-order valence-electron chi connectivity index (χ1n) is 5.49. The van der Waals surface area contributed by atoms with Gasteiger partial charge in [-0.2, -0.15) is 0 Å². The number of hydrogen-bond acceptors (Lipinski definition) is 4. The molecule has 2 heterocycles. The molecule has 2 N–H and O–H groups in total. The second-order valence-corrected chi connectivity index (χ2v) is 4.46. The number of aryl methyl sites for hydroxylation is 1. The van der Waals surface area contributed by atoms with Gasteiger partial charge in [-0.15, -0.1) is 10.2 Å². The van der Waals surface area contributed by atoms with Crippen molar-refractivity contribution in [2.75, 3.05) is 6.54 Å². The molecule has 0 bridgehead atoms. The molecule has 1 aliphatic rings. The van der Waals surface area contributed by atoms with Gasteiger partial charge >= 0.3 is 0 Å². The quantitative estimate of drug-likeness (QED) is 0.752. The maximum absolute atomic E-state index is 5.93. The lowest BCUT2D eigenvalue weighted by molar-refractivity contribution is 0.135. The van der Waals surface area contributed by atoms with Gasteiger partial charge in [0.05, 0.1) is 6.54 Å². The predicted molar refractivity (Wildman–Crippen MR) is 58.1 cm³/mol. The van der Waals surface area contributed by atoms with E-state index < -0.39 is 0 Å². The molecule has 1 aliphatic heterocycles. The van der Waals surface area contributed by atoms with Crippen LogP contribution in [0.25, 0.3) is 0 Å². The van der Waals surface area contributed by atoms with E-state index in [-0.39, 0.29) is 0 Å². The Morgan fingerprint density at radius 3 is 3.00 bits per heavy atom. The molecule has 2 rings (SSSR count). The van der Waals surface area contributed by atoms with Crippen LogP contribution in [-0.2, 0) is 13.6 Å². The molecule has 1 aromatic heterocycles. The summed E-state index contributed by atoms with van der Waals surface area (Å²) in [4.78, 5) is 2.42. The first kappa shape index (κ1) is 10.6. The van der Waals surface area contributed by atoms with E-state index >= 15 is 0 Å². The van der Waals surface area contributed by atoms with Gasteiger partial charge in [0.1, 0.15) is 12.2 Å². The van der Waals surface area contributed by atoms with E-state index in [1.54, 1.807) is 6.33 Å². The average Bonchev–Trinajstić information content (AvgIpc) is 2.57. The molecule has 84 valence electrons. The summed E-state index contributed by atoms with van der Waals surface area (Å²) in [6.45, 7) is 4.18. The molecule has 0 aromatic carbocycles. The van der Waals surface area contributed by atoms with Crippen molar-refractivity contribution in [1.29, 1.82) is 0 Å². The number of rotatable bonds is 2. The minimum absolute atomic E-state index is 0.371. The molecule has 2 unspecified atom stereocenters. The van der Waals surface area contributed by atoms with Crippen LogP contribution in [-0.4, -0.2) is 38.3 Å². The highest BCUT2D eigenvalue weighted by molar-refractivity contribution is 4.88. The number of nitrogens with two attached hydrogens (primary N) is 1. The van der Waals surface area contributed by atoms with Crippen LogP contribution in [0.15, 0.2) is 6.33 Å². The van der Waals surface area contributed by atoms with E-state index in [0.717, 1.165) is 31.8 Å². The van der Waals surface area contributed by atoms with Crippen LogP contribution >= 0.6 is 0 Å². The minimum Gasteiger partial charge on any atom is -0.328 e. The number of nitrogens with zero attached hydrogens (tertiary/aromatic N) is 4. The molecule has 0 spiro atoms. The summed E-state index contributed by atoms with van der Waals surface area (Å²) >= 11 is 0. The zero-order valence-corrected chi connectivity index (χ0v) is 9.43. The van der Waals surface area contributed by atoms with Crippen molar-refractivity contribution in [1.82, 2.24) is 19.7 Å². The third-order valence-electron chi connectivity index (χ3n) is 3.20. The molecular formula is C10H19N5. The Hall–Kier alpha value is -0.940. The van der Waals surface area contributed by atoms with E-state index in [1.165, 1.54) is 0 Å². The standard InChI is InChI=1S/C10H19N5/c1-8-5-9(11)3-4-15(8)6-10-13-12-7-14(10)2/h7-9H,3-6,11H2,1-2H3. The van der Waals surface area contributed by atoms with E-state index in [9.17, 15) is 0 Å². The number of piperidine rings is 1. The summed E-state index contributed by atoms with van der Waals surface area (Å²) in [5.41, 5.74) is 5.93. The smallest absolute Gasteiger partial charge is 0.146 e. The van der Waals surface area contributed by atoms with Crippen LogP contribution in [0.2, 0.25) is 0 Å². The van der Waals surface area contributed by atoms with Gasteiger partial charge in [-0.1, -0.05) is 0 Å². The molecular weight excluding hydrogens is 190 g/mol. The molecule has 1 aromatic rings. The van der Waals surface area contributed by atoms with Gasteiger partial charge in [-0.3, -0.25) is 4.90 Å². The summed E-state index contributed by atoms with van der Waals surface area (Å²) < 4.78 is 1.97. The van der Waals surface area contributed by atoms with Crippen molar-refractivity contribution < 1.29 is 0 Å². The topological polar surface area (TPSA) is 60.0 Å². The number of hydrogen-bond donors (Lipinski definition) is 1. The average molecular weight is 209 g/mol. The fourth-order valence-corrected chi connectivity index (χ4v) is 2.12. The van der Waals surface area contributed by atoms with Crippen molar-refractivity contribution in [3.63, 3.8) is 0 Å². The highest BCUT2D eigenvalue weighted by Crippen LogP contribution is 2.17. The Bertz CT molecular complexity index is 321. The Morgan fingerprint density at radius 1 is 1.60 bits per heavy atom. The first-order chi connectivity index (χ1) is 7.16. The fourth-order valence-electron chi connectivity index (χ4n) is 2.12. The van der Waals surface area contributed by atoms with Crippen LogP contribution in [0, 0.1) is 0 Å². The van der Waals surface area contributed by atoms with Crippen LogP contribution in [0.1, 0.15) is 25.6 Å². The molecule has 1 fully saturated rings. The van der Waals surface area contributed by atoms with Crippen LogP contribution in [0.5, 0.6) is 0 Å². The normalized spacial score (nSPS) is 28.2. The highest BCUT2D eigenvalue weighted by atomic mass is 15.3. The zero-order valence-electron chi connectivity index (χ0n) is 9.43. The summed E-state index contributed by atoms with van der Waals surface area (Å²) in [5, 5.41) is 7.99. The molecule has 2 atom stereocenters. The van der Waals surface area contributed by atoms with Crippen molar-refractivity contribution in [3.05, 3.63) is 12.2 Å². The largest absolute Gasteiger partial charge is 0.328 e. The van der Waals surface area contributed by atoms with Gasteiger partial charge in [-0.05, 0) is 19.8 Å². The maximum atomic E-state index is 5.93. The van der Waals surface area contributed by atoms with E-state index in [4.69, 9.17) is 5.73 Å². The first-order valence-corrected chi connectivity index (χ1v) is 5.49. The third kappa shape index (κ3) is 2.35.